The van der Waals surface area contributed by atoms with E-state index in [1.807, 2.05) is 12.3 Å². The Morgan fingerprint density at radius 3 is 3.08 bits per heavy atom. The largest absolute Gasteiger partial charge is 0.307 e. The molecule has 1 heterocycles. The molecule has 0 aliphatic rings. The summed E-state index contributed by atoms with van der Waals surface area (Å²) in [6.45, 7) is 2.81. The predicted octanol–water partition coefficient (Wildman–Crippen LogP) is 1.000. The second kappa shape index (κ2) is 5.47. The summed E-state index contributed by atoms with van der Waals surface area (Å²) in [6.07, 6.45) is 3.52. The van der Waals surface area contributed by atoms with Crippen LogP contribution in [0.3, 0.4) is 0 Å². The van der Waals surface area contributed by atoms with Gasteiger partial charge in [-0.15, -0.1) is 11.3 Å². The van der Waals surface area contributed by atoms with Crippen molar-refractivity contribution in [3.8, 4) is 0 Å². The van der Waals surface area contributed by atoms with Crippen LogP contribution < -0.4 is 5.32 Å². The smallest absolute Gasteiger partial charge is 0.106 e. The van der Waals surface area contributed by atoms with Gasteiger partial charge in [-0.3, -0.25) is 4.21 Å². The summed E-state index contributed by atoms with van der Waals surface area (Å²) in [7, 11) is -0.723. The zero-order valence-electron chi connectivity index (χ0n) is 7.82. The molecule has 0 saturated carbocycles. The molecule has 0 amide bonds. The van der Waals surface area contributed by atoms with Gasteiger partial charge >= 0.3 is 0 Å². The van der Waals surface area contributed by atoms with Gasteiger partial charge in [0.15, 0.2) is 0 Å². The van der Waals surface area contributed by atoms with Crippen LogP contribution in [0.5, 0.6) is 0 Å². The highest BCUT2D eigenvalue weighted by atomic mass is 32.2. The van der Waals surface area contributed by atoms with Crippen molar-refractivity contribution in [1.82, 2.24) is 10.3 Å². The Labute approximate surface area is 85.0 Å². The SMILES string of the molecule is CC(CS(C)=O)NCc1nccs1. The Morgan fingerprint density at radius 1 is 1.77 bits per heavy atom. The van der Waals surface area contributed by atoms with Crippen molar-refractivity contribution >= 4 is 22.1 Å². The Hall–Kier alpha value is -0.260. The summed E-state index contributed by atoms with van der Waals surface area (Å²) >= 11 is 1.63. The monoisotopic (exact) mass is 218 g/mol. The Balaban J connectivity index is 2.22. The molecule has 1 aromatic heterocycles. The number of nitrogens with zero attached hydrogens (tertiary/aromatic N) is 1. The summed E-state index contributed by atoms with van der Waals surface area (Å²) in [5.41, 5.74) is 0. The molecule has 0 aliphatic carbocycles. The van der Waals surface area contributed by atoms with Crippen LogP contribution in [0.4, 0.5) is 0 Å². The molecule has 3 nitrogen and oxygen atoms in total. The molecule has 1 N–H and O–H groups in total. The lowest BCUT2D eigenvalue weighted by Crippen LogP contribution is -2.30. The van der Waals surface area contributed by atoms with Crippen molar-refractivity contribution in [1.29, 1.82) is 0 Å². The quantitative estimate of drug-likeness (QED) is 0.801. The first-order chi connectivity index (χ1) is 6.18. The first-order valence-corrected chi connectivity index (χ1v) is 6.71. The lowest BCUT2D eigenvalue weighted by Gasteiger charge is -2.10. The van der Waals surface area contributed by atoms with Crippen LogP contribution in [0.25, 0.3) is 0 Å². The van der Waals surface area contributed by atoms with E-state index < -0.39 is 10.8 Å². The molecule has 5 heteroatoms. The van der Waals surface area contributed by atoms with Crippen LogP contribution in [-0.4, -0.2) is 27.2 Å². The van der Waals surface area contributed by atoms with Gasteiger partial charge in [0, 0.05) is 47.0 Å². The molecule has 2 unspecified atom stereocenters. The molecule has 0 fully saturated rings. The van der Waals surface area contributed by atoms with Crippen LogP contribution in [-0.2, 0) is 17.3 Å². The number of nitrogens with one attached hydrogen (secondary N) is 1. The maximum Gasteiger partial charge on any atom is 0.106 e. The fraction of sp³-hybridized carbons (Fsp3) is 0.625. The molecule has 0 saturated heterocycles. The van der Waals surface area contributed by atoms with Gasteiger partial charge in [0.1, 0.15) is 5.01 Å². The number of thiazole rings is 1. The van der Waals surface area contributed by atoms with Crippen molar-refractivity contribution in [3.63, 3.8) is 0 Å². The van der Waals surface area contributed by atoms with E-state index in [0.29, 0.717) is 5.75 Å². The fourth-order valence-electron chi connectivity index (χ4n) is 1.01. The molecule has 0 radical (unpaired) electrons. The number of hydrogen-bond donors (Lipinski definition) is 1. The minimum Gasteiger partial charge on any atom is -0.307 e. The van der Waals surface area contributed by atoms with Crippen LogP contribution in [0.1, 0.15) is 11.9 Å². The molecule has 0 spiro atoms. The molecule has 74 valence electrons. The highest BCUT2D eigenvalue weighted by molar-refractivity contribution is 7.84. The third kappa shape index (κ3) is 4.50. The summed E-state index contributed by atoms with van der Waals surface area (Å²) < 4.78 is 10.9. The van der Waals surface area contributed by atoms with Gasteiger partial charge in [-0.25, -0.2) is 4.98 Å². The molecule has 2 atom stereocenters. The second-order valence-corrected chi connectivity index (χ2v) is 5.41. The number of hydrogen-bond acceptors (Lipinski definition) is 4. The molecule has 1 rings (SSSR count). The molecular formula is C8H14N2OS2. The fourth-order valence-corrected chi connectivity index (χ4v) is 2.40. The van der Waals surface area contributed by atoms with Gasteiger partial charge in [-0.2, -0.15) is 0 Å². The number of rotatable bonds is 5. The minimum absolute atomic E-state index is 0.287. The van der Waals surface area contributed by atoms with Gasteiger partial charge in [0.25, 0.3) is 0 Å². The van der Waals surface area contributed by atoms with E-state index in [2.05, 4.69) is 10.3 Å². The molecule has 0 aromatic carbocycles. The second-order valence-electron chi connectivity index (χ2n) is 2.95. The van der Waals surface area contributed by atoms with Gasteiger partial charge < -0.3 is 5.32 Å². The Kier molecular flexibility index (Phi) is 4.55. The Morgan fingerprint density at radius 2 is 2.54 bits per heavy atom. The van der Waals surface area contributed by atoms with Crippen LogP contribution in [0.15, 0.2) is 11.6 Å². The molecule has 13 heavy (non-hydrogen) atoms. The van der Waals surface area contributed by atoms with Crippen molar-refractivity contribution in [2.24, 2.45) is 0 Å². The molecule has 0 aliphatic heterocycles. The third-order valence-electron chi connectivity index (χ3n) is 1.57. The molecular weight excluding hydrogens is 204 g/mol. The Bertz CT molecular complexity index is 261. The van der Waals surface area contributed by atoms with Gasteiger partial charge in [0.05, 0.1) is 0 Å². The van der Waals surface area contributed by atoms with E-state index in [-0.39, 0.29) is 6.04 Å². The summed E-state index contributed by atoms with van der Waals surface area (Å²) in [4.78, 5) is 4.15. The van der Waals surface area contributed by atoms with E-state index in [1.165, 1.54) is 0 Å². The molecule has 1 aromatic rings. The zero-order valence-corrected chi connectivity index (χ0v) is 9.45. The highest BCUT2D eigenvalue weighted by Crippen LogP contribution is 2.03. The van der Waals surface area contributed by atoms with E-state index >= 15 is 0 Å². The summed E-state index contributed by atoms with van der Waals surface area (Å²) in [5.74, 6) is 0.700. The maximum atomic E-state index is 10.9. The standard InChI is InChI=1S/C8H14N2OS2/c1-7(6-13(2)11)10-5-8-9-3-4-12-8/h3-4,7,10H,5-6H2,1-2H3. The van der Waals surface area contributed by atoms with Crippen LogP contribution in [0.2, 0.25) is 0 Å². The first kappa shape index (κ1) is 10.8. The van der Waals surface area contributed by atoms with Crippen molar-refractivity contribution in [2.45, 2.75) is 19.5 Å². The van der Waals surface area contributed by atoms with Gasteiger partial charge in [-0.1, -0.05) is 0 Å². The van der Waals surface area contributed by atoms with E-state index in [9.17, 15) is 4.21 Å². The topological polar surface area (TPSA) is 42.0 Å². The van der Waals surface area contributed by atoms with E-state index in [4.69, 9.17) is 0 Å². The van der Waals surface area contributed by atoms with Crippen LogP contribution in [0, 0.1) is 0 Å². The lowest BCUT2D eigenvalue weighted by molar-refractivity contribution is 0.586. The lowest BCUT2D eigenvalue weighted by atomic mass is 10.4. The average Bonchev–Trinajstić information content (AvgIpc) is 2.51. The van der Waals surface area contributed by atoms with E-state index in [0.717, 1.165) is 11.6 Å². The summed E-state index contributed by atoms with van der Waals surface area (Å²) in [6, 6.07) is 0.287. The van der Waals surface area contributed by atoms with Crippen molar-refractivity contribution < 1.29 is 4.21 Å². The third-order valence-corrected chi connectivity index (χ3v) is 3.32. The zero-order chi connectivity index (χ0) is 9.68. The van der Waals surface area contributed by atoms with Gasteiger partial charge in [-0.05, 0) is 6.92 Å². The normalized spacial score (nSPS) is 15.5. The van der Waals surface area contributed by atoms with Crippen LogP contribution >= 0.6 is 11.3 Å². The minimum atomic E-state index is -0.723. The van der Waals surface area contributed by atoms with Crippen molar-refractivity contribution in [2.75, 3.05) is 12.0 Å². The number of aromatic nitrogens is 1. The predicted molar refractivity (Wildman–Crippen MR) is 57.3 cm³/mol. The first-order valence-electron chi connectivity index (χ1n) is 4.10. The highest BCUT2D eigenvalue weighted by Gasteiger charge is 2.04. The maximum absolute atomic E-state index is 10.9. The summed E-state index contributed by atoms with van der Waals surface area (Å²) in [5, 5.41) is 6.31. The average molecular weight is 218 g/mol. The molecule has 0 bridgehead atoms. The van der Waals surface area contributed by atoms with E-state index in [1.54, 1.807) is 23.8 Å². The van der Waals surface area contributed by atoms with Crippen molar-refractivity contribution in [3.05, 3.63) is 16.6 Å². The van der Waals surface area contributed by atoms with Gasteiger partial charge in [0.2, 0.25) is 0 Å².